The van der Waals surface area contributed by atoms with Gasteiger partial charge in [0.15, 0.2) is 9.84 Å². The maximum atomic E-state index is 12.2. The van der Waals surface area contributed by atoms with E-state index in [-0.39, 0.29) is 29.5 Å². The van der Waals surface area contributed by atoms with Gasteiger partial charge in [-0.05, 0) is 25.3 Å². The van der Waals surface area contributed by atoms with Crippen LogP contribution in [0.15, 0.2) is 35.3 Å². The molecule has 132 valence electrons. The van der Waals surface area contributed by atoms with Crippen LogP contribution in [0.5, 0.6) is 0 Å². The molecule has 0 spiro atoms. The topological polar surface area (TPSA) is 109 Å². The van der Waals surface area contributed by atoms with Crippen molar-refractivity contribution in [1.82, 2.24) is 15.3 Å². The minimum atomic E-state index is -2.99. The van der Waals surface area contributed by atoms with Gasteiger partial charge in [0.1, 0.15) is 11.4 Å². The minimum absolute atomic E-state index is 0.0776. The maximum Gasteiger partial charge on any atom is 0.264 e. The van der Waals surface area contributed by atoms with Crippen LogP contribution in [-0.2, 0) is 9.84 Å². The smallest absolute Gasteiger partial charge is 0.264 e. The predicted octanol–water partition coefficient (Wildman–Crippen LogP) is 0.910. The molecule has 0 saturated carbocycles. The monoisotopic (exact) mass is 361 g/mol. The highest BCUT2D eigenvalue weighted by Gasteiger charge is 2.28. The molecule has 2 N–H and O–H groups in total. The standard InChI is InChI=1S/C17H19N3O4S/c1-11-3-2-4-13(7-11)15-18-9-14(17(22)20-15)16(21)19-8-12-5-6-25(23,24)10-12/h2-4,7,9,12H,5-6,8,10H2,1H3,(H,19,21)(H,18,20,22)/t12-/m1/s1. The van der Waals surface area contributed by atoms with Crippen LogP contribution < -0.4 is 10.9 Å². The van der Waals surface area contributed by atoms with E-state index in [4.69, 9.17) is 0 Å². The fourth-order valence-electron chi connectivity index (χ4n) is 2.86. The molecule has 0 aliphatic carbocycles. The second-order valence-electron chi connectivity index (χ2n) is 6.32. The van der Waals surface area contributed by atoms with Crippen molar-refractivity contribution in [3.63, 3.8) is 0 Å². The maximum absolute atomic E-state index is 12.2. The molecule has 1 aromatic carbocycles. The zero-order chi connectivity index (χ0) is 18.0. The highest BCUT2D eigenvalue weighted by molar-refractivity contribution is 7.91. The number of aromatic nitrogens is 2. The van der Waals surface area contributed by atoms with E-state index in [1.807, 2.05) is 31.2 Å². The van der Waals surface area contributed by atoms with Gasteiger partial charge in [0, 0.05) is 18.3 Å². The highest BCUT2D eigenvalue weighted by Crippen LogP contribution is 2.17. The molecule has 1 fully saturated rings. The minimum Gasteiger partial charge on any atom is -0.352 e. The number of hydrogen-bond donors (Lipinski definition) is 2. The van der Waals surface area contributed by atoms with Crippen LogP contribution in [0.4, 0.5) is 0 Å². The molecular formula is C17H19N3O4S. The number of aromatic amines is 1. The first-order valence-electron chi connectivity index (χ1n) is 7.99. The van der Waals surface area contributed by atoms with E-state index in [9.17, 15) is 18.0 Å². The van der Waals surface area contributed by atoms with Crippen LogP contribution in [0.1, 0.15) is 22.3 Å². The van der Waals surface area contributed by atoms with Crippen molar-refractivity contribution in [3.05, 3.63) is 51.9 Å². The van der Waals surface area contributed by atoms with Crippen LogP contribution in [-0.4, -0.2) is 42.3 Å². The Morgan fingerprint density at radius 2 is 2.20 bits per heavy atom. The summed E-state index contributed by atoms with van der Waals surface area (Å²) in [4.78, 5) is 31.1. The van der Waals surface area contributed by atoms with Crippen molar-refractivity contribution in [2.24, 2.45) is 5.92 Å². The number of amides is 1. The molecule has 0 radical (unpaired) electrons. The predicted molar refractivity (Wildman–Crippen MR) is 94.1 cm³/mol. The Bertz CT molecular complexity index is 966. The van der Waals surface area contributed by atoms with E-state index in [1.54, 1.807) is 0 Å². The molecule has 1 aliphatic rings. The first-order valence-corrected chi connectivity index (χ1v) is 9.81. The molecular weight excluding hydrogens is 342 g/mol. The van der Waals surface area contributed by atoms with Crippen molar-refractivity contribution >= 4 is 15.7 Å². The lowest BCUT2D eigenvalue weighted by molar-refractivity contribution is 0.0946. The fraction of sp³-hybridized carbons (Fsp3) is 0.353. The lowest BCUT2D eigenvalue weighted by atomic mass is 10.1. The Hall–Kier alpha value is -2.48. The van der Waals surface area contributed by atoms with Crippen LogP contribution in [0.2, 0.25) is 0 Å². The Labute approximate surface area is 145 Å². The molecule has 0 bridgehead atoms. The van der Waals surface area contributed by atoms with Gasteiger partial charge in [0.25, 0.3) is 11.5 Å². The van der Waals surface area contributed by atoms with E-state index in [2.05, 4.69) is 15.3 Å². The average Bonchev–Trinajstić information content (AvgIpc) is 2.91. The number of nitrogens with zero attached hydrogens (tertiary/aromatic N) is 1. The molecule has 1 atom stereocenters. The van der Waals surface area contributed by atoms with Gasteiger partial charge >= 0.3 is 0 Å². The van der Waals surface area contributed by atoms with Gasteiger partial charge in [-0.25, -0.2) is 13.4 Å². The molecule has 7 nitrogen and oxygen atoms in total. The Balaban J connectivity index is 1.70. The molecule has 0 unspecified atom stereocenters. The summed E-state index contributed by atoms with van der Waals surface area (Å²) in [5.74, 6) is -0.0248. The van der Waals surface area contributed by atoms with Gasteiger partial charge in [-0.2, -0.15) is 0 Å². The van der Waals surface area contributed by atoms with E-state index in [1.165, 1.54) is 6.20 Å². The summed E-state index contributed by atoms with van der Waals surface area (Å²) in [5, 5.41) is 2.62. The second kappa shape index (κ2) is 6.79. The number of carbonyl (C=O) groups is 1. The van der Waals surface area contributed by atoms with Crippen molar-refractivity contribution in [1.29, 1.82) is 0 Å². The molecule has 1 saturated heterocycles. The molecule has 1 aliphatic heterocycles. The van der Waals surface area contributed by atoms with Crippen LogP contribution in [0.3, 0.4) is 0 Å². The van der Waals surface area contributed by atoms with E-state index in [0.29, 0.717) is 12.2 Å². The molecule has 1 amide bonds. The number of carbonyl (C=O) groups excluding carboxylic acids is 1. The van der Waals surface area contributed by atoms with Crippen molar-refractivity contribution < 1.29 is 13.2 Å². The molecule has 25 heavy (non-hydrogen) atoms. The molecule has 2 aromatic rings. The Kier molecular flexibility index (Phi) is 4.71. The third-order valence-corrected chi connectivity index (χ3v) is 6.05. The van der Waals surface area contributed by atoms with Gasteiger partial charge in [-0.15, -0.1) is 0 Å². The van der Waals surface area contributed by atoms with E-state index in [0.717, 1.165) is 11.1 Å². The number of hydrogen-bond acceptors (Lipinski definition) is 5. The van der Waals surface area contributed by atoms with Crippen LogP contribution >= 0.6 is 0 Å². The van der Waals surface area contributed by atoms with Crippen LogP contribution in [0.25, 0.3) is 11.4 Å². The summed E-state index contributed by atoms with van der Waals surface area (Å²) in [7, 11) is -2.99. The summed E-state index contributed by atoms with van der Waals surface area (Å²) in [6, 6.07) is 7.51. The van der Waals surface area contributed by atoms with E-state index < -0.39 is 21.3 Å². The SMILES string of the molecule is Cc1cccc(-c2ncc(C(=O)NC[C@H]3CCS(=O)(=O)C3)c(=O)[nH]2)c1. The van der Waals surface area contributed by atoms with Gasteiger partial charge in [0.2, 0.25) is 0 Å². The summed E-state index contributed by atoms with van der Waals surface area (Å²) >= 11 is 0. The largest absolute Gasteiger partial charge is 0.352 e. The fourth-order valence-corrected chi connectivity index (χ4v) is 4.72. The third-order valence-electron chi connectivity index (χ3n) is 4.21. The number of nitrogens with one attached hydrogen (secondary N) is 2. The number of aryl methyl sites for hydroxylation is 1. The number of benzene rings is 1. The lowest BCUT2D eigenvalue weighted by Gasteiger charge is -2.09. The summed E-state index contributed by atoms with van der Waals surface area (Å²) in [6.07, 6.45) is 1.78. The van der Waals surface area contributed by atoms with Crippen molar-refractivity contribution in [3.8, 4) is 11.4 Å². The van der Waals surface area contributed by atoms with Gasteiger partial charge in [-0.1, -0.05) is 23.8 Å². The summed E-state index contributed by atoms with van der Waals surface area (Å²) in [6.45, 7) is 2.17. The molecule has 3 rings (SSSR count). The number of sulfone groups is 1. The summed E-state index contributed by atoms with van der Waals surface area (Å²) < 4.78 is 22.9. The lowest BCUT2D eigenvalue weighted by Crippen LogP contribution is -2.33. The third kappa shape index (κ3) is 4.14. The zero-order valence-electron chi connectivity index (χ0n) is 13.8. The van der Waals surface area contributed by atoms with Crippen molar-refractivity contribution in [2.45, 2.75) is 13.3 Å². The Morgan fingerprint density at radius 1 is 1.40 bits per heavy atom. The molecule has 8 heteroatoms. The highest BCUT2D eigenvalue weighted by atomic mass is 32.2. The van der Waals surface area contributed by atoms with Crippen LogP contribution in [0, 0.1) is 12.8 Å². The second-order valence-corrected chi connectivity index (χ2v) is 8.55. The molecule has 2 heterocycles. The average molecular weight is 361 g/mol. The first kappa shape index (κ1) is 17.3. The van der Waals surface area contributed by atoms with Gasteiger partial charge in [-0.3, -0.25) is 9.59 Å². The number of rotatable bonds is 4. The first-order chi connectivity index (χ1) is 11.8. The van der Waals surface area contributed by atoms with E-state index >= 15 is 0 Å². The Morgan fingerprint density at radius 3 is 2.84 bits per heavy atom. The summed E-state index contributed by atoms with van der Waals surface area (Å²) in [5.41, 5.74) is 1.19. The van der Waals surface area contributed by atoms with Gasteiger partial charge in [0.05, 0.1) is 11.5 Å². The zero-order valence-corrected chi connectivity index (χ0v) is 14.6. The molecule has 1 aromatic heterocycles. The van der Waals surface area contributed by atoms with Gasteiger partial charge < -0.3 is 10.3 Å². The normalized spacial score (nSPS) is 18.8. The number of H-pyrrole nitrogens is 1. The van der Waals surface area contributed by atoms with Crippen molar-refractivity contribution in [2.75, 3.05) is 18.1 Å². The quantitative estimate of drug-likeness (QED) is 0.841.